The molecular weight excluding hydrogens is 154 g/mol. The second-order valence-corrected chi connectivity index (χ2v) is 2.76. The van der Waals surface area contributed by atoms with E-state index in [-0.39, 0.29) is 6.54 Å². The van der Waals surface area contributed by atoms with Gasteiger partial charge < -0.3 is 15.4 Å². The summed E-state index contributed by atoms with van der Waals surface area (Å²) < 4.78 is 1.93. The average Bonchev–Trinajstić information content (AvgIpc) is 2.52. The lowest BCUT2D eigenvalue weighted by Crippen LogP contribution is -2.15. The molecule has 0 bridgehead atoms. The third kappa shape index (κ3) is 1.84. The molecular formula is C8H15N3O. The Morgan fingerprint density at radius 3 is 3.08 bits per heavy atom. The van der Waals surface area contributed by atoms with Gasteiger partial charge >= 0.3 is 0 Å². The van der Waals surface area contributed by atoms with Crippen molar-refractivity contribution < 1.29 is 5.11 Å². The molecule has 0 saturated heterocycles. The summed E-state index contributed by atoms with van der Waals surface area (Å²) in [5.41, 5.74) is 6.14. The maximum Gasteiger partial charge on any atom is 0.108 e. The van der Waals surface area contributed by atoms with Crippen molar-refractivity contribution >= 4 is 0 Å². The van der Waals surface area contributed by atoms with Gasteiger partial charge in [0, 0.05) is 13.1 Å². The molecule has 0 radical (unpaired) electrons. The number of aryl methyl sites for hydroxylation is 1. The number of hydrogen-bond donors (Lipinski definition) is 2. The lowest BCUT2D eigenvalue weighted by Gasteiger charge is -2.10. The highest BCUT2D eigenvalue weighted by molar-refractivity contribution is 5.02. The van der Waals surface area contributed by atoms with Crippen LogP contribution in [0, 0.1) is 0 Å². The van der Waals surface area contributed by atoms with E-state index >= 15 is 0 Å². The van der Waals surface area contributed by atoms with Crippen LogP contribution in [0.2, 0.25) is 0 Å². The van der Waals surface area contributed by atoms with E-state index in [0.29, 0.717) is 0 Å². The van der Waals surface area contributed by atoms with Crippen LogP contribution in [0.1, 0.15) is 25.1 Å². The number of nitrogens with two attached hydrogens (primary N) is 1. The van der Waals surface area contributed by atoms with Crippen LogP contribution in [-0.4, -0.2) is 21.2 Å². The summed E-state index contributed by atoms with van der Waals surface area (Å²) in [6.07, 6.45) is 3.82. The molecule has 0 aromatic carbocycles. The van der Waals surface area contributed by atoms with Gasteiger partial charge in [-0.05, 0) is 6.42 Å². The van der Waals surface area contributed by atoms with Gasteiger partial charge in [-0.15, -0.1) is 0 Å². The van der Waals surface area contributed by atoms with Gasteiger partial charge in [-0.2, -0.15) is 0 Å². The van der Waals surface area contributed by atoms with Crippen molar-refractivity contribution in [3.8, 4) is 0 Å². The minimum absolute atomic E-state index is 0.245. The quantitative estimate of drug-likeness (QED) is 0.680. The Balaban J connectivity index is 2.76. The Kier molecular flexibility index (Phi) is 3.25. The van der Waals surface area contributed by atoms with Crippen LogP contribution in [0.15, 0.2) is 12.5 Å². The lowest BCUT2D eigenvalue weighted by molar-refractivity contribution is 0.176. The molecule has 4 heteroatoms. The third-order valence-corrected chi connectivity index (χ3v) is 1.77. The minimum atomic E-state index is -0.584. The summed E-state index contributed by atoms with van der Waals surface area (Å²) in [4.78, 5) is 3.96. The molecule has 1 atom stereocenters. The number of aliphatic hydroxyl groups is 1. The normalized spacial score (nSPS) is 13.2. The smallest absolute Gasteiger partial charge is 0.108 e. The molecule has 12 heavy (non-hydrogen) atoms. The third-order valence-electron chi connectivity index (χ3n) is 1.77. The van der Waals surface area contributed by atoms with Gasteiger partial charge in [-0.3, -0.25) is 0 Å². The summed E-state index contributed by atoms with van der Waals surface area (Å²) >= 11 is 0. The van der Waals surface area contributed by atoms with Gasteiger partial charge in [0.05, 0.1) is 18.2 Å². The molecule has 0 spiro atoms. The molecule has 1 aromatic heterocycles. The Labute approximate surface area is 72.0 Å². The van der Waals surface area contributed by atoms with Crippen molar-refractivity contribution in [2.75, 3.05) is 6.54 Å². The summed E-state index contributed by atoms with van der Waals surface area (Å²) in [7, 11) is 0. The fraction of sp³-hybridized carbons (Fsp3) is 0.625. The van der Waals surface area contributed by atoms with Crippen LogP contribution in [0.3, 0.4) is 0 Å². The molecule has 4 nitrogen and oxygen atoms in total. The number of hydrogen-bond acceptors (Lipinski definition) is 3. The summed E-state index contributed by atoms with van der Waals surface area (Å²) in [5, 5.41) is 9.44. The van der Waals surface area contributed by atoms with Crippen molar-refractivity contribution in [3.63, 3.8) is 0 Å². The van der Waals surface area contributed by atoms with Crippen molar-refractivity contribution in [3.05, 3.63) is 18.2 Å². The molecule has 1 aromatic rings. The zero-order valence-electron chi connectivity index (χ0n) is 7.27. The molecule has 68 valence electrons. The van der Waals surface area contributed by atoms with Gasteiger partial charge in [-0.1, -0.05) is 6.92 Å². The molecule has 1 unspecified atom stereocenters. The molecule has 0 saturated carbocycles. The molecule has 1 heterocycles. The first kappa shape index (κ1) is 9.22. The highest BCUT2D eigenvalue weighted by atomic mass is 16.3. The Morgan fingerprint density at radius 1 is 1.75 bits per heavy atom. The van der Waals surface area contributed by atoms with Gasteiger partial charge in [-0.25, -0.2) is 4.98 Å². The standard InChI is InChI=1S/C8H15N3O/c1-2-3-11-6-10-5-7(11)8(12)4-9/h5-6,8,12H,2-4,9H2,1H3. The molecule has 1 rings (SSSR count). The summed E-state index contributed by atoms with van der Waals surface area (Å²) in [6.45, 7) is 3.21. The molecule has 0 fully saturated rings. The largest absolute Gasteiger partial charge is 0.385 e. The van der Waals surface area contributed by atoms with Crippen molar-refractivity contribution in [2.24, 2.45) is 5.73 Å². The number of nitrogens with zero attached hydrogens (tertiary/aromatic N) is 2. The summed E-state index contributed by atoms with van der Waals surface area (Å²) in [6, 6.07) is 0. The number of imidazole rings is 1. The van der Waals surface area contributed by atoms with E-state index in [0.717, 1.165) is 18.7 Å². The second kappa shape index (κ2) is 4.23. The molecule has 3 N–H and O–H groups in total. The number of aromatic nitrogens is 2. The van der Waals surface area contributed by atoms with E-state index < -0.39 is 6.10 Å². The maximum atomic E-state index is 9.44. The molecule has 0 aliphatic carbocycles. The highest BCUT2D eigenvalue weighted by Crippen LogP contribution is 2.10. The SMILES string of the molecule is CCCn1cncc1C(O)CN. The van der Waals surface area contributed by atoms with Crippen LogP contribution < -0.4 is 5.73 Å². The van der Waals surface area contributed by atoms with Crippen molar-refractivity contribution in [1.82, 2.24) is 9.55 Å². The molecule has 0 aliphatic heterocycles. The van der Waals surface area contributed by atoms with Crippen LogP contribution in [0.5, 0.6) is 0 Å². The van der Waals surface area contributed by atoms with E-state index in [4.69, 9.17) is 5.73 Å². The lowest BCUT2D eigenvalue weighted by atomic mass is 10.2. The fourth-order valence-electron chi connectivity index (χ4n) is 1.16. The highest BCUT2D eigenvalue weighted by Gasteiger charge is 2.09. The van der Waals surface area contributed by atoms with Crippen LogP contribution >= 0.6 is 0 Å². The first-order chi connectivity index (χ1) is 5.79. The summed E-state index contributed by atoms with van der Waals surface area (Å²) in [5.74, 6) is 0. The Hall–Kier alpha value is -0.870. The predicted molar refractivity (Wildman–Crippen MR) is 46.5 cm³/mol. The second-order valence-electron chi connectivity index (χ2n) is 2.76. The minimum Gasteiger partial charge on any atom is -0.385 e. The number of aliphatic hydroxyl groups excluding tert-OH is 1. The Morgan fingerprint density at radius 2 is 2.50 bits per heavy atom. The zero-order valence-corrected chi connectivity index (χ0v) is 7.27. The van der Waals surface area contributed by atoms with Crippen LogP contribution in [0.25, 0.3) is 0 Å². The van der Waals surface area contributed by atoms with Gasteiger partial charge in [0.15, 0.2) is 0 Å². The topological polar surface area (TPSA) is 64.1 Å². The van der Waals surface area contributed by atoms with Gasteiger partial charge in [0.2, 0.25) is 0 Å². The van der Waals surface area contributed by atoms with Crippen molar-refractivity contribution in [1.29, 1.82) is 0 Å². The Bertz CT molecular complexity index is 234. The van der Waals surface area contributed by atoms with E-state index in [2.05, 4.69) is 11.9 Å². The average molecular weight is 169 g/mol. The van der Waals surface area contributed by atoms with Crippen LogP contribution in [0.4, 0.5) is 0 Å². The van der Waals surface area contributed by atoms with E-state index in [9.17, 15) is 5.11 Å². The van der Waals surface area contributed by atoms with Gasteiger partial charge in [0.1, 0.15) is 6.10 Å². The van der Waals surface area contributed by atoms with E-state index in [1.807, 2.05) is 4.57 Å². The first-order valence-electron chi connectivity index (χ1n) is 4.17. The first-order valence-corrected chi connectivity index (χ1v) is 4.17. The predicted octanol–water partition coefficient (Wildman–Crippen LogP) is 0.285. The van der Waals surface area contributed by atoms with Crippen LogP contribution in [-0.2, 0) is 6.54 Å². The maximum absolute atomic E-state index is 9.44. The fourth-order valence-corrected chi connectivity index (χ4v) is 1.16. The molecule has 0 aliphatic rings. The molecule has 0 amide bonds. The van der Waals surface area contributed by atoms with E-state index in [1.165, 1.54) is 0 Å². The van der Waals surface area contributed by atoms with E-state index in [1.54, 1.807) is 12.5 Å². The number of rotatable bonds is 4. The zero-order chi connectivity index (χ0) is 8.97. The van der Waals surface area contributed by atoms with Gasteiger partial charge in [0.25, 0.3) is 0 Å². The van der Waals surface area contributed by atoms with Crippen molar-refractivity contribution in [2.45, 2.75) is 26.0 Å². The monoisotopic (exact) mass is 169 g/mol.